The molecule has 15 heavy (non-hydrogen) atoms. The Labute approximate surface area is 87.9 Å². The highest BCUT2D eigenvalue weighted by atomic mass is 19.1. The van der Waals surface area contributed by atoms with Gasteiger partial charge >= 0.3 is 0 Å². The summed E-state index contributed by atoms with van der Waals surface area (Å²) in [6.07, 6.45) is 1.88. The predicted octanol–water partition coefficient (Wildman–Crippen LogP) is 3.37. The van der Waals surface area contributed by atoms with Gasteiger partial charge in [-0.3, -0.25) is 0 Å². The molecule has 2 N–H and O–H groups in total. The van der Waals surface area contributed by atoms with Crippen LogP contribution in [0.3, 0.4) is 0 Å². The maximum Gasteiger partial charge on any atom is 0.137 e. The number of halogens is 1. The van der Waals surface area contributed by atoms with Crippen molar-refractivity contribution < 1.29 is 8.81 Å². The lowest BCUT2D eigenvalue weighted by atomic mass is 10.1. The van der Waals surface area contributed by atoms with Crippen LogP contribution in [0.1, 0.15) is 31.6 Å². The maximum atomic E-state index is 12.9. The third-order valence-electron chi connectivity index (χ3n) is 2.47. The van der Waals surface area contributed by atoms with Gasteiger partial charge in [0.1, 0.15) is 17.2 Å². The van der Waals surface area contributed by atoms with E-state index in [0.29, 0.717) is 5.58 Å². The van der Waals surface area contributed by atoms with Gasteiger partial charge in [0, 0.05) is 11.5 Å². The monoisotopic (exact) mass is 207 g/mol. The minimum absolute atomic E-state index is 0.0922. The molecule has 0 fully saturated rings. The Morgan fingerprint density at radius 1 is 1.40 bits per heavy atom. The molecule has 0 bridgehead atoms. The zero-order chi connectivity index (χ0) is 10.8. The average molecular weight is 207 g/mol. The second-order valence-corrected chi connectivity index (χ2v) is 3.73. The Balaban J connectivity index is 2.38. The highest BCUT2D eigenvalue weighted by Crippen LogP contribution is 2.25. The molecule has 0 aliphatic carbocycles. The second kappa shape index (κ2) is 4.03. The van der Waals surface area contributed by atoms with Crippen LogP contribution in [0.15, 0.2) is 28.7 Å². The Morgan fingerprint density at radius 3 is 2.93 bits per heavy atom. The molecule has 1 aromatic carbocycles. The van der Waals surface area contributed by atoms with Gasteiger partial charge in [0.25, 0.3) is 0 Å². The fourth-order valence-electron chi connectivity index (χ4n) is 1.66. The molecule has 0 radical (unpaired) electrons. The van der Waals surface area contributed by atoms with Gasteiger partial charge in [-0.25, -0.2) is 4.39 Å². The van der Waals surface area contributed by atoms with E-state index >= 15 is 0 Å². The van der Waals surface area contributed by atoms with E-state index in [-0.39, 0.29) is 11.9 Å². The molecule has 80 valence electrons. The number of benzene rings is 1. The predicted molar refractivity (Wildman–Crippen MR) is 58.0 cm³/mol. The number of nitrogens with two attached hydrogens (primary N) is 1. The molecule has 2 rings (SSSR count). The van der Waals surface area contributed by atoms with E-state index in [0.717, 1.165) is 24.0 Å². The zero-order valence-electron chi connectivity index (χ0n) is 8.66. The summed E-state index contributed by atoms with van der Waals surface area (Å²) in [6.45, 7) is 2.07. The Morgan fingerprint density at radius 2 is 2.20 bits per heavy atom. The van der Waals surface area contributed by atoms with Crippen LogP contribution in [0.4, 0.5) is 4.39 Å². The molecule has 0 aliphatic heterocycles. The summed E-state index contributed by atoms with van der Waals surface area (Å²) in [5.41, 5.74) is 6.49. The summed E-state index contributed by atoms with van der Waals surface area (Å²) in [6, 6.07) is 6.31. The fraction of sp³-hybridized carbons (Fsp3) is 0.333. The van der Waals surface area contributed by atoms with Crippen LogP contribution < -0.4 is 5.73 Å². The number of furan rings is 1. The molecule has 0 unspecified atom stereocenters. The van der Waals surface area contributed by atoms with Gasteiger partial charge in [-0.2, -0.15) is 0 Å². The van der Waals surface area contributed by atoms with Crippen molar-refractivity contribution >= 4 is 11.0 Å². The van der Waals surface area contributed by atoms with E-state index in [1.807, 2.05) is 6.07 Å². The summed E-state index contributed by atoms with van der Waals surface area (Å²) < 4.78 is 18.4. The van der Waals surface area contributed by atoms with E-state index in [1.54, 1.807) is 6.07 Å². The fourth-order valence-corrected chi connectivity index (χ4v) is 1.66. The first-order valence-electron chi connectivity index (χ1n) is 5.15. The SMILES string of the molecule is CCC[C@@H](N)c1cc2ccc(F)cc2o1. The van der Waals surface area contributed by atoms with E-state index in [2.05, 4.69) is 6.92 Å². The van der Waals surface area contributed by atoms with Crippen molar-refractivity contribution in [1.82, 2.24) is 0 Å². The first kappa shape index (κ1) is 10.2. The maximum absolute atomic E-state index is 12.9. The largest absolute Gasteiger partial charge is 0.459 e. The van der Waals surface area contributed by atoms with Gasteiger partial charge in [-0.05, 0) is 24.6 Å². The molecule has 0 saturated carbocycles. The molecule has 2 aromatic rings. The smallest absolute Gasteiger partial charge is 0.137 e. The summed E-state index contributed by atoms with van der Waals surface area (Å²) in [5, 5.41) is 0.901. The van der Waals surface area contributed by atoms with E-state index < -0.39 is 0 Å². The van der Waals surface area contributed by atoms with Gasteiger partial charge in [-0.15, -0.1) is 0 Å². The number of fused-ring (bicyclic) bond motifs is 1. The molecule has 0 aliphatic rings. The number of hydrogen-bond acceptors (Lipinski definition) is 2. The van der Waals surface area contributed by atoms with Gasteiger partial charge < -0.3 is 10.2 Å². The number of rotatable bonds is 3. The third kappa shape index (κ3) is 2.02. The summed E-state index contributed by atoms with van der Waals surface area (Å²) >= 11 is 0. The molecule has 0 spiro atoms. The van der Waals surface area contributed by atoms with Gasteiger partial charge in [0.05, 0.1) is 6.04 Å². The van der Waals surface area contributed by atoms with Crippen molar-refractivity contribution in [2.24, 2.45) is 5.73 Å². The third-order valence-corrected chi connectivity index (χ3v) is 2.47. The van der Waals surface area contributed by atoms with Gasteiger partial charge in [0.15, 0.2) is 0 Å². The van der Waals surface area contributed by atoms with Crippen molar-refractivity contribution in [3.05, 3.63) is 35.8 Å². The highest BCUT2D eigenvalue weighted by Gasteiger charge is 2.11. The number of hydrogen-bond donors (Lipinski definition) is 1. The lowest BCUT2D eigenvalue weighted by molar-refractivity contribution is 0.474. The molecule has 1 atom stereocenters. The Bertz CT molecular complexity index is 464. The highest BCUT2D eigenvalue weighted by molar-refractivity contribution is 5.77. The lowest BCUT2D eigenvalue weighted by Gasteiger charge is -2.04. The zero-order valence-corrected chi connectivity index (χ0v) is 8.66. The van der Waals surface area contributed by atoms with Crippen LogP contribution >= 0.6 is 0 Å². The quantitative estimate of drug-likeness (QED) is 0.838. The summed E-state index contributed by atoms with van der Waals surface area (Å²) in [4.78, 5) is 0. The van der Waals surface area contributed by atoms with Crippen LogP contribution in [0.2, 0.25) is 0 Å². The van der Waals surface area contributed by atoms with E-state index in [4.69, 9.17) is 10.2 Å². The van der Waals surface area contributed by atoms with Crippen LogP contribution in [0.5, 0.6) is 0 Å². The van der Waals surface area contributed by atoms with Crippen molar-refractivity contribution in [1.29, 1.82) is 0 Å². The first-order valence-corrected chi connectivity index (χ1v) is 5.15. The van der Waals surface area contributed by atoms with Crippen LogP contribution in [-0.2, 0) is 0 Å². The van der Waals surface area contributed by atoms with Crippen LogP contribution in [-0.4, -0.2) is 0 Å². The standard InChI is InChI=1S/C12H14FNO/c1-2-3-10(14)12-6-8-4-5-9(13)7-11(8)15-12/h4-7,10H,2-3,14H2,1H3/t10-/m1/s1. The normalized spacial score (nSPS) is 13.3. The van der Waals surface area contributed by atoms with Crippen LogP contribution in [0, 0.1) is 5.82 Å². The Kier molecular flexibility index (Phi) is 2.73. The Hall–Kier alpha value is -1.35. The molecule has 0 saturated heterocycles. The van der Waals surface area contributed by atoms with E-state index in [1.165, 1.54) is 12.1 Å². The van der Waals surface area contributed by atoms with Gasteiger partial charge in [-0.1, -0.05) is 13.3 Å². The first-order chi connectivity index (χ1) is 7.20. The average Bonchev–Trinajstić information content (AvgIpc) is 2.60. The minimum Gasteiger partial charge on any atom is -0.459 e. The lowest BCUT2D eigenvalue weighted by Crippen LogP contribution is -2.08. The molecular formula is C12H14FNO. The summed E-state index contributed by atoms with van der Waals surface area (Å²) in [5.74, 6) is 0.449. The van der Waals surface area contributed by atoms with Gasteiger partial charge in [0.2, 0.25) is 0 Å². The molecule has 0 amide bonds. The molecule has 1 heterocycles. The van der Waals surface area contributed by atoms with Crippen molar-refractivity contribution in [2.75, 3.05) is 0 Å². The van der Waals surface area contributed by atoms with E-state index in [9.17, 15) is 4.39 Å². The van der Waals surface area contributed by atoms with Crippen molar-refractivity contribution in [3.63, 3.8) is 0 Å². The topological polar surface area (TPSA) is 39.2 Å². The molecule has 3 heteroatoms. The van der Waals surface area contributed by atoms with Crippen molar-refractivity contribution in [2.45, 2.75) is 25.8 Å². The van der Waals surface area contributed by atoms with Crippen molar-refractivity contribution in [3.8, 4) is 0 Å². The second-order valence-electron chi connectivity index (χ2n) is 3.73. The molecular weight excluding hydrogens is 193 g/mol. The van der Waals surface area contributed by atoms with Crippen LogP contribution in [0.25, 0.3) is 11.0 Å². The molecule has 1 aromatic heterocycles. The molecule has 2 nitrogen and oxygen atoms in total. The summed E-state index contributed by atoms with van der Waals surface area (Å²) in [7, 11) is 0. The minimum atomic E-state index is -0.285.